The van der Waals surface area contributed by atoms with Gasteiger partial charge in [0.2, 0.25) is 0 Å². The Morgan fingerprint density at radius 3 is 2.36 bits per heavy atom. The molecule has 1 aliphatic heterocycles. The maximum atomic E-state index is 13.4. The van der Waals surface area contributed by atoms with Crippen molar-refractivity contribution in [3.63, 3.8) is 0 Å². The second kappa shape index (κ2) is 9.55. The van der Waals surface area contributed by atoms with Crippen molar-refractivity contribution < 1.29 is 4.39 Å². The number of nitrogens with one attached hydrogen (secondary N) is 1. The fraction of sp³-hybridized carbons (Fsp3) is 0.318. The molecule has 0 bridgehead atoms. The molecule has 4 rings (SSSR count). The van der Waals surface area contributed by atoms with Crippen molar-refractivity contribution in [2.24, 2.45) is 0 Å². The van der Waals surface area contributed by atoms with Crippen molar-refractivity contribution in [1.29, 1.82) is 0 Å². The van der Waals surface area contributed by atoms with Crippen molar-refractivity contribution in [1.82, 2.24) is 14.9 Å². The van der Waals surface area contributed by atoms with E-state index < -0.39 is 0 Å². The Hall–Kier alpha value is -1.88. The van der Waals surface area contributed by atoms with E-state index in [1.54, 1.807) is 0 Å². The highest BCUT2D eigenvalue weighted by molar-refractivity contribution is 5.85. The van der Waals surface area contributed by atoms with E-state index >= 15 is 0 Å². The molecule has 28 heavy (non-hydrogen) atoms. The van der Waals surface area contributed by atoms with E-state index in [9.17, 15) is 4.39 Å². The molecule has 3 aromatic rings. The second-order valence-electron chi connectivity index (χ2n) is 7.29. The minimum atomic E-state index is -0.211. The van der Waals surface area contributed by atoms with Crippen molar-refractivity contribution in [2.45, 2.75) is 25.7 Å². The summed E-state index contributed by atoms with van der Waals surface area (Å²) < 4.78 is 13.4. The summed E-state index contributed by atoms with van der Waals surface area (Å²) in [5, 5.41) is 0. The molecule has 0 saturated carbocycles. The molecule has 150 valence electrons. The number of aromatic amines is 1. The number of hydrogen-bond donors (Lipinski definition) is 1. The Morgan fingerprint density at radius 1 is 1.04 bits per heavy atom. The molecule has 1 aliphatic rings. The number of piperidine rings is 1. The van der Waals surface area contributed by atoms with Crippen LogP contribution in [-0.4, -0.2) is 35.0 Å². The van der Waals surface area contributed by atoms with Crippen LogP contribution in [0.4, 0.5) is 4.39 Å². The molecule has 0 atom stereocenters. The second-order valence-corrected chi connectivity index (χ2v) is 7.29. The van der Waals surface area contributed by atoms with Crippen molar-refractivity contribution in [3.05, 3.63) is 65.9 Å². The molecule has 0 spiro atoms. The standard InChI is InChI=1S/C22H24FN3.2ClH/c1-15-14-24-10-7-19(15)20-13-21(16-8-11-26(2)12-9-16)25-22(20)17-3-5-18(23)6-4-17;;/h3-7,10,13-14,16,25H,8-9,11-12H2,1-2H3;2*1H. The third-order valence-corrected chi connectivity index (χ3v) is 5.44. The summed E-state index contributed by atoms with van der Waals surface area (Å²) in [7, 11) is 2.18. The molecule has 0 unspecified atom stereocenters. The van der Waals surface area contributed by atoms with Gasteiger partial charge in [0.15, 0.2) is 0 Å². The number of halogens is 3. The quantitative estimate of drug-likeness (QED) is 0.575. The number of nitrogens with zero attached hydrogens (tertiary/aromatic N) is 2. The van der Waals surface area contributed by atoms with E-state index in [1.807, 2.05) is 24.5 Å². The first kappa shape index (κ1) is 22.4. The first-order chi connectivity index (χ1) is 12.6. The van der Waals surface area contributed by atoms with Crippen LogP contribution in [0.3, 0.4) is 0 Å². The molecule has 1 N–H and O–H groups in total. The fourth-order valence-electron chi connectivity index (χ4n) is 3.85. The highest BCUT2D eigenvalue weighted by Crippen LogP contribution is 2.38. The summed E-state index contributed by atoms with van der Waals surface area (Å²) in [5.74, 6) is 0.332. The number of aryl methyl sites for hydroxylation is 1. The molecule has 2 aromatic heterocycles. The Balaban J connectivity index is 0.00000140. The Bertz CT molecular complexity index is 900. The Kier molecular flexibility index (Phi) is 7.64. The van der Waals surface area contributed by atoms with E-state index in [4.69, 9.17) is 0 Å². The number of rotatable bonds is 3. The SMILES string of the molecule is Cc1cnccc1-c1cc(C2CCN(C)CC2)[nH]c1-c1ccc(F)cc1.Cl.Cl. The minimum Gasteiger partial charge on any atom is -0.358 e. The number of H-pyrrole nitrogens is 1. The predicted molar refractivity (Wildman–Crippen MR) is 118 cm³/mol. The lowest BCUT2D eigenvalue weighted by Crippen LogP contribution is -2.29. The van der Waals surface area contributed by atoms with Gasteiger partial charge in [0.05, 0.1) is 5.69 Å². The topological polar surface area (TPSA) is 31.9 Å². The van der Waals surface area contributed by atoms with Gasteiger partial charge in [-0.1, -0.05) is 0 Å². The van der Waals surface area contributed by atoms with Gasteiger partial charge in [-0.15, -0.1) is 24.8 Å². The van der Waals surface area contributed by atoms with E-state index in [-0.39, 0.29) is 30.6 Å². The molecular formula is C22H26Cl2FN3. The lowest BCUT2D eigenvalue weighted by atomic mass is 9.93. The predicted octanol–water partition coefficient (Wildman–Crippen LogP) is 5.84. The molecule has 3 heterocycles. The van der Waals surface area contributed by atoms with Crippen molar-refractivity contribution in [2.75, 3.05) is 20.1 Å². The highest BCUT2D eigenvalue weighted by Gasteiger charge is 2.22. The van der Waals surface area contributed by atoms with Crippen LogP contribution in [0.15, 0.2) is 48.8 Å². The van der Waals surface area contributed by atoms with Gasteiger partial charge in [-0.05, 0) is 93.0 Å². The van der Waals surface area contributed by atoms with Crippen LogP contribution in [0.5, 0.6) is 0 Å². The van der Waals surface area contributed by atoms with E-state index in [0.717, 1.165) is 42.8 Å². The van der Waals surface area contributed by atoms with Gasteiger partial charge >= 0.3 is 0 Å². The van der Waals surface area contributed by atoms with Crippen molar-refractivity contribution in [3.8, 4) is 22.4 Å². The van der Waals surface area contributed by atoms with Crippen LogP contribution >= 0.6 is 24.8 Å². The molecule has 0 aliphatic carbocycles. The lowest BCUT2D eigenvalue weighted by molar-refractivity contribution is 0.253. The van der Waals surface area contributed by atoms with Gasteiger partial charge in [0.25, 0.3) is 0 Å². The zero-order chi connectivity index (χ0) is 18.1. The molecule has 3 nitrogen and oxygen atoms in total. The van der Waals surface area contributed by atoms with Gasteiger partial charge in [-0.3, -0.25) is 4.98 Å². The summed E-state index contributed by atoms with van der Waals surface area (Å²) in [6, 6.07) is 11.1. The van der Waals surface area contributed by atoms with Gasteiger partial charge < -0.3 is 9.88 Å². The van der Waals surface area contributed by atoms with Crippen LogP contribution in [0.2, 0.25) is 0 Å². The smallest absolute Gasteiger partial charge is 0.123 e. The third kappa shape index (κ3) is 4.57. The van der Waals surface area contributed by atoms with E-state index in [2.05, 4.69) is 41.0 Å². The van der Waals surface area contributed by atoms with Crippen LogP contribution < -0.4 is 0 Å². The summed E-state index contributed by atoms with van der Waals surface area (Å²) >= 11 is 0. The largest absolute Gasteiger partial charge is 0.358 e. The summed E-state index contributed by atoms with van der Waals surface area (Å²) in [5.41, 5.74) is 6.85. The Morgan fingerprint density at radius 2 is 1.71 bits per heavy atom. The summed E-state index contributed by atoms with van der Waals surface area (Å²) in [6.45, 7) is 4.33. The average Bonchev–Trinajstić information content (AvgIpc) is 3.08. The van der Waals surface area contributed by atoms with Gasteiger partial charge in [0, 0.05) is 29.6 Å². The minimum absolute atomic E-state index is 0. The highest BCUT2D eigenvalue weighted by atomic mass is 35.5. The number of pyridine rings is 1. The van der Waals surface area contributed by atoms with Gasteiger partial charge in [0.1, 0.15) is 5.82 Å². The van der Waals surface area contributed by atoms with Gasteiger partial charge in [-0.2, -0.15) is 0 Å². The molecule has 6 heteroatoms. The number of hydrogen-bond acceptors (Lipinski definition) is 2. The monoisotopic (exact) mass is 421 g/mol. The van der Waals surface area contributed by atoms with Crippen molar-refractivity contribution >= 4 is 24.8 Å². The number of aromatic nitrogens is 2. The lowest BCUT2D eigenvalue weighted by Gasteiger charge is -2.28. The molecule has 1 saturated heterocycles. The first-order valence-corrected chi connectivity index (χ1v) is 9.20. The van der Waals surface area contributed by atoms with Crippen LogP contribution in [-0.2, 0) is 0 Å². The number of benzene rings is 1. The average molecular weight is 422 g/mol. The molecule has 0 amide bonds. The van der Waals surface area contributed by atoms with Gasteiger partial charge in [-0.25, -0.2) is 4.39 Å². The maximum Gasteiger partial charge on any atom is 0.123 e. The van der Waals surface area contributed by atoms with Crippen LogP contribution in [0.25, 0.3) is 22.4 Å². The molecule has 1 fully saturated rings. The third-order valence-electron chi connectivity index (χ3n) is 5.44. The van der Waals surface area contributed by atoms with E-state index in [1.165, 1.54) is 29.0 Å². The molecular weight excluding hydrogens is 396 g/mol. The normalized spacial score (nSPS) is 15.0. The van der Waals surface area contributed by atoms with Crippen LogP contribution in [0, 0.1) is 12.7 Å². The fourth-order valence-corrected chi connectivity index (χ4v) is 3.85. The van der Waals surface area contributed by atoms with Crippen LogP contribution in [0.1, 0.15) is 30.0 Å². The summed E-state index contributed by atoms with van der Waals surface area (Å²) in [4.78, 5) is 10.3. The van der Waals surface area contributed by atoms with E-state index in [0.29, 0.717) is 5.92 Å². The molecule has 1 aromatic carbocycles. The zero-order valence-electron chi connectivity index (χ0n) is 16.1. The maximum absolute atomic E-state index is 13.4. The number of likely N-dealkylation sites (tertiary alicyclic amines) is 1. The molecule has 0 radical (unpaired) electrons. The first-order valence-electron chi connectivity index (χ1n) is 9.20. The Labute approximate surface area is 178 Å². The summed E-state index contributed by atoms with van der Waals surface area (Å²) in [6.07, 6.45) is 6.05. The zero-order valence-corrected chi connectivity index (χ0v) is 17.7.